The van der Waals surface area contributed by atoms with Crippen LogP contribution in [0.2, 0.25) is 0 Å². The van der Waals surface area contributed by atoms with Crippen LogP contribution >= 0.6 is 15.9 Å². The average molecular weight is 355 g/mol. The van der Waals surface area contributed by atoms with E-state index in [1.54, 1.807) is 30.3 Å². The lowest BCUT2D eigenvalue weighted by Gasteiger charge is -2.10. The highest BCUT2D eigenvalue weighted by molar-refractivity contribution is 9.10. The molecule has 0 aliphatic rings. The highest BCUT2D eigenvalue weighted by Gasteiger charge is 2.09. The van der Waals surface area contributed by atoms with E-state index in [1.165, 1.54) is 12.1 Å². The van der Waals surface area contributed by atoms with Gasteiger partial charge in [-0.1, -0.05) is 12.1 Å². The van der Waals surface area contributed by atoms with Crippen molar-refractivity contribution in [2.45, 2.75) is 0 Å². The Kier molecular flexibility index (Phi) is 5.16. The van der Waals surface area contributed by atoms with Crippen LogP contribution in [0.5, 0.6) is 11.5 Å². The third-order valence-corrected chi connectivity index (χ3v) is 3.26. The quantitative estimate of drug-likeness (QED) is 0.802. The number of ether oxygens (including phenoxy) is 2. The number of hydrogen-bond donors (Lipinski definition) is 1. The van der Waals surface area contributed by atoms with Crippen molar-refractivity contribution in [1.82, 2.24) is 0 Å². The summed E-state index contributed by atoms with van der Waals surface area (Å²) in [7, 11) is 0. The molecule has 0 aromatic heterocycles. The van der Waals surface area contributed by atoms with Crippen molar-refractivity contribution < 1.29 is 23.8 Å². The van der Waals surface area contributed by atoms with Crippen LogP contribution < -0.4 is 9.47 Å². The highest BCUT2D eigenvalue weighted by atomic mass is 79.9. The largest absolute Gasteiger partial charge is 0.490 e. The van der Waals surface area contributed by atoms with Crippen molar-refractivity contribution in [2.75, 3.05) is 13.2 Å². The summed E-state index contributed by atoms with van der Waals surface area (Å²) in [5.41, 5.74) is 0.0900. The Morgan fingerprint density at radius 2 is 1.86 bits per heavy atom. The van der Waals surface area contributed by atoms with Gasteiger partial charge in [0, 0.05) is 6.07 Å². The molecule has 0 atom stereocenters. The molecule has 4 nitrogen and oxygen atoms in total. The molecular weight excluding hydrogens is 343 g/mol. The summed E-state index contributed by atoms with van der Waals surface area (Å²) in [6.07, 6.45) is 0. The zero-order valence-electron chi connectivity index (χ0n) is 10.9. The van der Waals surface area contributed by atoms with E-state index in [9.17, 15) is 9.18 Å². The van der Waals surface area contributed by atoms with Crippen LogP contribution in [0.3, 0.4) is 0 Å². The predicted octanol–water partition coefficient (Wildman–Crippen LogP) is 3.74. The standard InChI is InChI=1S/C15H12BrFO4/c16-12-6-5-10(9-13(12)17)20-7-8-21-14-4-2-1-3-11(14)15(18)19/h1-6,9H,7-8H2,(H,18,19). The molecule has 2 aromatic carbocycles. The SMILES string of the molecule is O=C(O)c1ccccc1OCCOc1ccc(Br)c(F)c1. The third-order valence-electron chi connectivity index (χ3n) is 2.62. The van der Waals surface area contributed by atoms with Crippen molar-refractivity contribution in [3.05, 3.63) is 58.3 Å². The second kappa shape index (κ2) is 7.08. The second-order valence-corrected chi connectivity index (χ2v) is 4.93. The van der Waals surface area contributed by atoms with E-state index in [2.05, 4.69) is 15.9 Å². The molecule has 110 valence electrons. The van der Waals surface area contributed by atoms with Crippen molar-refractivity contribution in [1.29, 1.82) is 0 Å². The van der Waals surface area contributed by atoms with Gasteiger partial charge in [0.1, 0.15) is 36.1 Å². The number of carboxylic acids is 1. The minimum absolute atomic E-state index is 0.0900. The monoisotopic (exact) mass is 354 g/mol. The number of para-hydroxylation sites is 1. The lowest BCUT2D eigenvalue weighted by atomic mass is 10.2. The number of halogens is 2. The Bertz CT molecular complexity index is 645. The second-order valence-electron chi connectivity index (χ2n) is 4.07. The zero-order chi connectivity index (χ0) is 15.2. The van der Waals surface area contributed by atoms with Gasteiger partial charge in [-0.25, -0.2) is 9.18 Å². The van der Waals surface area contributed by atoms with Crippen LogP contribution in [0, 0.1) is 5.82 Å². The molecule has 0 saturated heterocycles. The van der Waals surface area contributed by atoms with Crippen LogP contribution in [0.25, 0.3) is 0 Å². The van der Waals surface area contributed by atoms with E-state index in [1.807, 2.05) is 0 Å². The van der Waals surface area contributed by atoms with E-state index in [-0.39, 0.29) is 24.5 Å². The molecule has 1 N–H and O–H groups in total. The molecule has 0 radical (unpaired) electrons. The molecule has 0 aliphatic heterocycles. The van der Waals surface area contributed by atoms with Gasteiger partial charge in [-0.15, -0.1) is 0 Å². The summed E-state index contributed by atoms with van der Waals surface area (Å²) in [6, 6.07) is 10.8. The van der Waals surface area contributed by atoms with Crippen LogP contribution in [0.15, 0.2) is 46.9 Å². The van der Waals surface area contributed by atoms with Crippen LogP contribution in [0.1, 0.15) is 10.4 Å². The minimum Gasteiger partial charge on any atom is -0.490 e. The fourth-order valence-electron chi connectivity index (χ4n) is 1.65. The molecule has 21 heavy (non-hydrogen) atoms. The van der Waals surface area contributed by atoms with Crippen LogP contribution in [0.4, 0.5) is 4.39 Å². The van der Waals surface area contributed by atoms with Crippen molar-refractivity contribution in [3.63, 3.8) is 0 Å². The lowest BCUT2D eigenvalue weighted by Crippen LogP contribution is -2.11. The molecule has 0 bridgehead atoms. The molecule has 0 unspecified atom stereocenters. The van der Waals surface area contributed by atoms with E-state index in [4.69, 9.17) is 14.6 Å². The van der Waals surface area contributed by atoms with Crippen molar-refractivity contribution >= 4 is 21.9 Å². The first-order valence-electron chi connectivity index (χ1n) is 6.11. The average Bonchev–Trinajstić information content (AvgIpc) is 2.47. The van der Waals surface area contributed by atoms with Gasteiger partial charge in [0.2, 0.25) is 0 Å². The minimum atomic E-state index is -1.05. The fraction of sp³-hybridized carbons (Fsp3) is 0.133. The number of rotatable bonds is 6. The maximum atomic E-state index is 13.3. The normalized spacial score (nSPS) is 10.2. The highest BCUT2D eigenvalue weighted by Crippen LogP contribution is 2.21. The maximum absolute atomic E-state index is 13.3. The first kappa shape index (κ1) is 15.3. The zero-order valence-corrected chi connectivity index (χ0v) is 12.5. The first-order valence-corrected chi connectivity index (χ1v) is 6.90. The molecule has 0 fully saturated rings. The van der Waals surface area contributed by atoms with E-state index >= 15 is 0 Å². The Labute approximate surface area is 129 Å². The first-order chi connectivity index (χ1) is 10.1. The molecule has 0 spiro atoms. The molecule has 2 aromatic rings. The lowest BCUT2D eigenvalue weighted by molar-refractivity contribution is 0.0691. The number of benzene rings is 2. The van der Waals surface area contributed by atoms with Gasteiger partial charge < -0.3 is 14.6 Å². The van der Waals surface area contributed by atoms with Crippen LogP contribution in [-0.4, -0.2) is 24.3 Å². The summed E-state index contributed by atoms with van der Waals surface area (Å²) in [5.74, 6) is -0.812. The van der Waals surface area contributed by atoms with Crippen molar-refractivity contribution in [2.24, 2.45) is 0 Å². The predicted molar refractivity (Wildman–Crippen MR) is 78.5 cm³/mol. The molecule has 0 heterocycles. The summed E-state index contributed by atoms with van der Waals surface area (Å²) in [5, 5.41) is 9.00. The molecule has 0 amide bonds. The Morgan fingerprint density at radius 3 is 2.57 bits per heavy atom. The number of hydrogen-bond acceptors (Lipinski definition) is 3. The summed E-state index contributed by atoms with van der Waals surface area (Å²) in [4.78, 5) is 11.0. The molecule has 6 heteroatoms. The number of aromatic carboxylic acids is 1. The van der Waals surface area contributed by atoms with Gasteiger partial charge in [0.05, 0.1) is 4.47 Å². The smallest absolute Gasteiger partial charge is 0.339 e. The van der Waals surface area contributed by atoms with Gasteiger partial charge >= 0.3 is 5.97 Å². The third kappa shape index (κ3) is 4.19. The van der Waals surface area contributed by atoms with Gasteiger partial charge in [-0.05, 0) is 40.2 Å². The fourth-order valence-corrected chi connectivity index (χ4v) is 1.89. The van der Waals surface area contributed by atoms with E-state index in [0.29, 0.717) is 10.2 Å². The summed E-state index contributed by atoms with van der Waals surface area (Å²) >= 11 is 3.05. The Hall–Kier alpha value is -2.08. The Morgan fingerprint density at radius 1 is 1.14 bits per heavy atom. The molecule has 0 aliphatic carbocycles. The summed E-state index contributed by atoms with van der Waals surface area (Å²) < 4.78 is 24.3. The summed E-state index contributed by atoms with van der Waals surface area (Å²) in [6.45, 7) is 0.330. The molecule has 2 rings (SSSR count). The van der Waals surface area contributed by atoms with Gasteiger partial charge in [-0.3, -0.25) is 0 Å². The van der Waals surface area contributed by atoms with Crippen molar-refractivity contribution in [3.8, 4) is 11.5 Å². The molecule has 0 saturated carbocycles. The van der Waals surface area contributed by atoms with Gasteiger partial charge in [-0.2, -0.15) is 0 Å². The van der Waals surface area contributed by atoms with Gasteiger partial charge in [0.15, 0.2) is 0 Å². The number of carbonyl (C=O) groups is 1. The number of carboxylic acid groups (broad SMARTS) is 1. The van der Waals surface area contributed by atoms with E-state index < -0.39 is 11.8 Å². The maximum Gasteiger partial charge on any atom is 0.339 e. The Balaban J connectivity index is 1.87. The topological polar surface area (TPSA) is 55.8 Å². The van der Waals surface area contributed by atoms with Crippen LogP contribution in [-0.2, 0) is 0 Å². The molecular formula is C15H12BrFO4. The van der Waals surface area contributed by atoms with Gasteiger partial charge in [0.25, 0.3) is 0 Å². The van der Waals surface area contributed by atoms with E-state index in [0.717, 1.165) is 0 Å².